The fraction of sp³-hybridized carbons (Fsp3) is 0.519. The second-order valence-electron chi connectivity index (χ2n) is 11.3. The third-order valence-corrected chi connectivity index (χ3v) is 9.53. The fourth-order valence-electron chi connectivity index (χ4n) is 7.90. The first-order valence-corrected chi connectivity index (χ1v) is 12.6. The van der Waals surface area contributed by atoms with Gasteiger partial charge in [-0.1, -0.05) is 12.1 Å². The van der Waals surface area contributed by atoms with Gasteiger partial charge in [0, 0.05) is 36.3 Å². The summed E-state index contributed by atoms with van der Waals surface area (Å²) >= 11 is 0. The molecule has 1 saturated carbocycles. The van der Waals surface area contributed by atoms with E-state index in [0.717, 1.165) is 47.8 Å². The third kappa shape index (κ3) is 2.14. The number of fused-ring (bicyclic) bond motifs is 3. The molecule has 1 saturated heterocycles. The largest absolute Gasteiger partial charge is 0.504 e. The highest BCUT2D eigenvalue weighted by molar-refractivity contribution is 5.97. The number of aliphatic hydroxyl groups is 1. The molecule has 7 aliphatic rings. The zero-order chi connectivity index (χ0) is 23.0. The molecule has 1 aromatic carbocycles. The van der Waals surface area contributed by atoms with Gasteiger partial charge in [-0.05, 0) is 68.3 Å². The Morgan fingerprint density at radius 3 is 2.97 bits per heavy atom. The fourth-order valence-corrected chi connectivity index (χ4v) is 7.90. The van der Waals surface area contributed by atoms with Crippen LogP contribution in [0.5, 0.6) is 11.5 Å². The van der Waals surface area contributed by atoms with Crippen molar-refractivity contribution >= 4 is 5.91 Å². The first-order valence-electron chi connectivity index (χ1n) is 12.6. The molecule has 2 bridgehead atoms. The van der Waals surface area contributed by atoms with Gasteiger partial charge in [-0.25, -0.2) is 0 Å². The zero-order valence-corrected chi connectivity index (χ0v) is 19.3. The molecule has 1 amide bonds. The molecule has 5 atom stereocenters. The van der Waals surface area contributed by atoms with Crippen LogP contribution < -0.4 is 10.1 Å². The first-order chi connectivity index (χ1) is 16.4. The van der Waals surface area contributed by atoms with E-state index in [-0.39, 0.29) is 23.9 Å². The number of benzene rings is 1. The lowest BCUT2D eigenvalue weighted by Gasteiger charge is -2.64. The number of allylic oxidation sites excluding steroid dienone is 2. The third-order valence-electron chi connectivity index (χ3n) is 9.53. The van der Waals surface area contributed by atoms with Crippen LogP contribution in [-0.4, -0.2) is 62.9 Å². The van der Waals surface area contributed by atoms with Gasteiger partial charge in [0.2, 0.25) is 0 Å². The van der Waals surface area contributed by atoms with Gasteiger partial charge in [-0.3, -0.25) is 9.69 Å². The highest BCUT2D eigenvalue weighted by Gasteiger charge is 2.74. The number of nitrogens with one attached hydrogen (secondary N) is 1. The Labute approximate surface area is 198 Å². The maximum absolute atomic E-state index is 13.4. The van der Waals surface area contributed by atoms with Crippen LogP contribution >= 0.6 is 0 Å². The molecule has 176 valence electrons. The van der Waals surface area contributed by atoms with E-state index in [1.54, 1.807) is 6.07 Å². The second kappa shape index (κ2) is 6.07. The number of aromatic hydroxyl groups is 1. The molecule has 1 aromatic rings. The van der Waals surface area contributed by atoms with Gasteiger partial charge >= 0.3 is 0 Å². The van der Waals surface area contributed by atoms with Gasteiger partial charge in [0.1, 0.15) is 6.17 Å². The molecule has 3 N–H and O–H groups in total. The highest BCUT2D eigenvalue weighted by atomic mass is 16.5. The number of nitrogens with zero attached hydrogens (tertiary/aromatic N) is 2. The molecular weight excluding hydrogens is 430 g/mol. The first kappa shape index (κ1) is 19.5. The molecule has 4 aliphatic heterocycles. The maximum Gasteiger partial charge on any atom is 0.251 e. The van der Waals surface area contributed by atoms with Crippen LogP contribution in [-0.2, 0) is 16.6 Å². The summed E-state index contributed by atoms with van der Waals surface area (Å²) in [5.74, 6) is 1.21. The molecule has 0 aromatic heterocycles. The lowest BCUT2D eigenvalue weighted by molar-refractivity contribution is -0.172. The van der Waals surface area contributed by atoms with Gasteiger partial charge in [0.05, 0.1) is 16.7 Å². The summed E-state index contributed by atoms with van der Waals surface area (Å²) in [5.41, 5.74) is 2.89. The van der Waals surface area contributed by atoms with E-state index in [9.17, 15) is 15.0 Å². The van der Waals surface area contributed by atoms with Crippen molar-refractivity contribution in [2.75, 3.05) is 13.1 Å². The number of rotatable bonds is 2. The van der Waals surface area contributed by atoms with E-state index < -0.39 is 17.1 Å². The Morgan fingerprint density at radius 2 is 2.15 bits per heavy atom. The number of amides is 1. The van der Waals surface area contributed by atoms with Crippen molar-refractivity contribution in [3.05, 3.63) is 58.5 Å². The van der Waals surface area contributed by atoms with Gasteiger partial charge in [-0.15, -0.1) is 0 Å². The smallest absolute Gasteiger partial charge is 0.251 e. The Hall–Kier alpha value is -2.77. The highest BCUT2D eigenvalue weighted by Crippen LogP contribution is 2.67. The SMILES string of the molecule is CC1=CN2C3=C(C[C@@]4(O)[C@@H]5Cc6ccc(O)c7c6[C@@]4(CCN5CC4CC4)[C@H]3O7)C(=O)NC2C=C1. The number of ether oxygens (including phenoxy) is 1. The summed E-state index contributed by atoms with van der Waals surface area (Å²) in [6, 6.07) is 3.67. The van der Waals surface area contributed by atoms with Crippen molar-refractivity contribution < 1.29 is 19.7 Å². The van der Waals surface area contributed by atoms with Crippen molar-refractivity contribution in [3.8, 4) is 11.5 Å². The molecule has 2 fully saturated rings. The lowest BCUT2D eigenvalue weighted by Crippen LogP contribution is -2.77. The number of piperidine rings is 1. The van der Waals surface area contributed by atoms with Gasteiger partial charge in [0.25, 0.3) is 5.91 Å². The van der Waals surface area contributed by atoms with Crippen molar-refractivity contribution in [2.45, 2.75) is 68.4 Å². The van der Waals surface area contributed by atoms with Crippen molar-refractivity contribution in [1.29, 1.82) is 0 Å². The monoisotopic (exact) mass is 459 g/mol. The van der Waals surface area contributed by atoms with E-state index in [1.807, 2.05) is 25.1 Å². The number of carbonyl (C=O) groups excluding carboxylic acids is 1. The molecule has 0 radical (unpaired) electrons. The number of hydrogen-bond acceptors (Lipinski definition) is 6. The normalized spacial score (nSPS) is 39.1. The summed E-state index contributed by atoms with van der Waals surface area (Å²) < 4.78 is 6.64. The molecule has 7 nitrogen and oxygen atoms in total. The molecule has 8 rings (SSSR count). The van der Waals surface area contributed by atoms with E-state index in [0.29, 0.717) is 24.2 Å². The molecule has 7 heteroatoms. The van der Waals surface area contributed by atoms with Crippen LogP contribution in [0.1, 0.15) is 43.7 Å². The number of carbonyl (C=O) groups is 1. The molecule has 1 unspecified atom stereocenters. The minimum absolute atomic E-state index is 0.0750. The minimum atomic E-state index is -1.13. The molecular formula is C27H29N3O4. The maximum atomic E-state index is 13.4. The van der Waals surface area contributed by atoms with Gasteiger partial charge in [0.15, 0.2) is 17.6 Å². The predicted molar refractivity (Wildman–Crippen MR) is 124 cm³/mol. The average molecular weight is 460 g/mol. The quantitative estimate of drug-likeness (QED) is 0.628. The molecule has 3 aliphatic carbocycles. The van der Waals surface area contributed by atoms with E-state index in [1.165, 1.54) is 12.8 Å². The minimum Gasteiger partial charge on any atom is -0.504 e. The number of phenols is 1. The average Bonchev–Trinajstić information content (AvgIpc) is 3.55. The predicted octanol–water partition coefficient (Wildman–Crippen LogP) is 2.05. The Morgan fingerprint density at radius 1 is 1.29 bits per heavy atom. The standard InChI is InChI=1S/C27H29N3O4/c1-14-2-7-20-28-25(32)17-11-27(33)19-10-16-5-6-18(31)23-21(16)26(27,8-9-29(19)13-15-3-4-15)24(34-23)22(17)30(20)12-14/h2,5-7,12,15,19-20,24,31,33H,3-4,8-11,13H2,1H3,(H,28,32)/t19-,20?,24-,26-,27+/m0/s1. The van der Waals surface area contributed by atoms with E-state index >= 15 is 0 Å². The van der Waals surface area contributed by atoms with Crippen LogP contribution in [0.2, 0.25) is 0 Å². The van der Waals surface area contributed by atoms with Crippen LogP contribution in [0.25, 0.3) is 0 Å². The second-order valence-corrected chi connectivity index (χ2v) is 11.3. The van der Waals surface area contributed by atoms with E-state index in [4.69, 9.17) is 4.74 Å². The van der Waals surface area contributed by atoms with Crippen molar-refractivity contribution in [2.24, 2.45) is 5.92 Å². The van der Waals surface area contributed by atoms with Gasteiger partial charge < -0.3 is 25.2 Å². The number of hydrogen-bond donors (Lipinski definition) is 3. The van der Waals surface area contributed by atoms with Crippen LogP contribution in [0.3, 0.4) is 0 Å². The molecule has 1 spiro atoms. The molecule has 34 heavy (non-hydrogen) atoms. The lowest BCUT2D eigenvalue weighted by atomic mass is 9.48. The van der Waals surface area contributed by atoms with E-state index in [2.05, 4.69) is 21.3 Å². The summed E-state index contributed by atoms with van der Waals surface area (Å²) in [6.45, 7) is 3.95. The number of phenolic OH excluding ortho intramolecular Hbond substituents is 1. The Balaban J connectivity index is 1.38. The van der Waals surface area contributed by atoms with Crippen molar-refractivity contribution in [1.82, 2.24) is 15.1 Å². The Bertz CT molecular complexity index is 1260. The summed E-state index contributed by atoms with van der Waals surface area (Å²) in [4.78, 5) is 18.0. The van der Waals surface area contributed by atoms with Crippen LogP contribution in [0.4, 0.5) is 0 Å². The topological polar surface area (TPSA) is 85.3 Å². The summed E-state index contributed by atoms with van der Waals surface area (Å²) in [6.07, 6.45) is 9.59. The summed E-state index contributed by atoms with van der Waals surface area (Å²) in [7, 11) is 0. The van der Waals surface area contributed by atoms with Crippen LogP contribution in [0.15, 0.2) is 47.3 Å². The Kier molecular flexibility index (Phi) is 3.49. The summed E-state index contributed by atoms with van der Waals surface area (Å²) in [5, 5.41) is 26.7. The molecule has 4 heterocycles. The van der Waals surface area contributed by atoms with Gasteiger partial charge in [-0.2, -0.15) is 0 Å². The number of likely N-dealkylation sites (tertiary alicyclic amines) is 1. The van der Waals surface area contributed by atoms with Crippen molar-refractivity contribution in [3.63, 3.8) is 0 Å². The zero-order valence-electron chi connectivity index (χ0n) is 19.3. The van der Waals surface area contributed by atoms with Crippen LogP contribution in [0, 0.1) is 5.92 Å².